The Morgan fingerprint density at radius 2 is 1.78 bits per heavy atom. The molecule has 4 heteroatoms. The van der Waals surface area contributed by atoms with Gasteiger partial charge >= 0.3 is 8.80 Å². The molecule has 1 unspecified atom stereocenters. The van der Waals surface area contributed by atoms with Crippen LogP contribution < -0.4 is 0 Å². The largest absolute Gasteiger partial charge is 0.500 e. The van der Waals surface area contributed by atoms with Crippen molar-refractivity contribution in [2.45, 2.75) is 52.5 Å². The highest BCUT2D eigenvalue weighted by atomic mass is 28.4. The average molecular weight is 272 g/mol. The van der Waals surface area contributed by atoms with Gasteiger partial charge in [0.2, 0.25) is 0 Å². The fraction of sp³-hybridized carbons (Fsp3) is 0.857. The van der Waals surface area contributed by atoms with Gasteiger partial charge in [0.15, 0.2) is 0 Å². The summed E-state index contributed by atoms with van der Waals surface area (Å²) in [6.07, 6.45) is 9.42. The zero-order valence-corrected chi connectivity index (χ0v) is 13.1. The SMILES string of the molecule is CCO[Si](CC)(OCC)OCCC1CC=CCC1. The van der Waals surface area contributed by atoms with Crippen LogP contribution in [0.15, 0.2) is 12.2 Å². The van der Waals surface area contributed by atoms with Gasteiger partial charge < -0.3 is 13.3 Å². The summed E-state index contributed by atoms with van der Waals surface area (Å²) in [4.78, 5) is 0. The van der Waals surface area contributed by atoms with Gasteiger partial charge in [0, 0.05) is 25.9 Å². The highest BCUT2D eigenvalue weighted by Crippen LogP contribution is 2.23. The molecular weight excluding hydrogens is 244 g/mol. The number of allylic oxidation sites excluding steroid dienone is 2. The van der Waals surface area contributed by atoms with Crippen LogP contribution in [0.25, 0.3) is 0 Å². The summed E-state index contributed by atoms with van der Waals surface area (Å²) in [5, 5.41) is 0. The van der Waals surface area contributed by atoms with E-state index in [1.165, 1.54) is 19.3 Å². The van der Waals surface area contributed by atoms with E-state index >= 15 is 0 Å². The van der Waals surface area contributed by atoms with Gasteiger partial charge in [-0.1, -0.05) is 19.1 Å². The van der Waals surface area contributed by atoms with Gasteiger partial charge in [-0.3, -0.25) is 0 Å². The summed E-state index contributed by atoms with van der Waals surface area (Å²) < 4.78 is 17.6. The number of rotatable bonds is 9. The zero-order chi connectivity index (χ0) is 13.3. The molecule has 1 aliphatic carbocycles. The maximum atomic E-state index is 6.03. The van der Waals surface area contributed by atoms with Gasteiger partial charge in [0.05, 0.1) is 0 Å². The predicted octanol–water partition coefficient (Wildman–Crippen LogP) is 3.78. The molecule has 1 atom stereocenters. The Bertz CT molecular complexity index is 237. The molecule has 0 aromatic heterocycles. The molecule has 0 radical (unpaired) electrons. The summed E-state index contributed by atoms with van der Waals surface area (Å²) in [6.45, 7) is 8.23. The standard InChI is InChI=1S/C14H28O3Si/c1-4-15-18(6-3,16-5-2)17-13-12-14-10-8-7-9-11-14/h7-8,14H,4-6,9-13H2,1-3H3. The van der Waals surface area contributed by atoms with E-state index in [1.807, 2.05) is 13.8 Å². The molecule has 0 aliphatic heterocycles. The predicted molar refractivity (Wildman–Crippen MR) is 76.5 cm³/mol. The molecule has 0 amide bonds. The quantitative estimate of drug-likeness (QED) is 0.472. The average Bonchev–Trinajstić information content (AvgIpc) is 2.40. The highest BCUT2D eigenvalue weighted by molar-refractivity contribution is 6.60. The van der Waals surface area contributed by atoms with E-state index in [9.17, 15) is 0 Å². The monoisotopic (exact) mass is 272 g/mol. The maximum Gasteiger partial charge on any atom is 0.500 e. The van der Waals surface area contributed by atoms with Gasteiger partial charge in [-0.15, -0.1) is 0 Å². The molecule has 106 valence electrons. The molecule has 1 rings (SSSR count). The topological polar surface area (TPSA) is 27.7 Å². The third-order valence-corrected chi connectivity index (χ3v) is 6.35. The van der Waals surface area contributed by atoms with Crippen molar-refractivity contribution in [3.63, 3.8) is 0 Å². The van der Waals surface area contributed by atoms with Gasteiger partial charge in [0.1, 0.15) is 0 Å². The first-order chi connectivity index (χ1) is 8.76. The smallest absolute Gasteiger partial charge is 0.374 e. The summed E-state index contributed by atoms with van der Waals surface area (Å²) in [6, 6.07) is 0.860. The Labute approximate surface area is 113 Å². The van der Waals surface area contributed by atoms with Gasteiger partial charge in [-0.25, -0.2) is 0 Å². The van der Waals surface area contributed by atoms with Crippen LogP contribution in [0.2, 0.25) is 6.04 Å². The van der Waals surface area contributed by atoms with Gasteiger partial charge in [-0.05, 0) is 45.4 Å². The first-order valence-electron chi connectivity index (χ1n) is 7.33. The molecule has 0 spiro atoms. The summed E-state index contributed by atoms with van der Waals surface area (Å²) in [5.74, 6) is 0.779. The first kappa shape index (κ1) is 15.9. The lowest BCUT2D eigenvalue weighted by Gasteiger charge is -2.28. The minimum atomic E-state index is -2.37. The second-order valence-corrected chi connectivity index (χ2v) is 7.63. The van der Waals surface area contributed by atoms with Crippen LogP contribution in [0.3, 0.4) is 0 Å². The summed E-state index contributed by atoms with van der Waals surface area (Å²) >= 11 is 0. The first-order valence-corrected chi connectivity index (χ1v) is 9.26. The van der Waals surface area contributed by atoms with Crippen LogP contribution in [0.5, 0.6) is 0 Å². The molecule has 0 bridgehead atoms. The molecular formula is C14H28O3Si. The van der Waals surface area contributed by atoms with Crippen LogP contribution >= 0.6 is 0 Å². The molecule has 0 aromatic carbocycles. The molecule has 0 heterocycles. The molecule has 0 saturated heterocycles. The maximum absolute atomic E-state index is 6.03. The van der Waals surface area contributed by atoms with E-state index < -0.39 is 8.80 Å². The molecule has 0 fully saturated rings. The van der Waals surface area contributed by atoms with Crippen molar-refractivity contribution in [2.24, 2.45) is 5.92 Å². The minimum Gasteiger partial charge on any atom is -0.374 e. The Morgan fingerprint density at radius 1 is 1.06 bits per heavy atom. The Morgan fingerprint density at radius 3 is 2.28 bits per heavy atom. The molecule has 1 aliphatic rings. The second kappa shape index (κ2) is 8.86. The Hall–Kier alpha value is -0.163. The zero-order valence-electron chi connectivity index (χ0n) is 12.1. The third-order valence-electron chi connectivity index (χ3n) is 3.39. The van der Waals surface area contributed by atoms with Crippen LogP contribution in [-0.2, 0) is 13.3 Å². The van der Waals surface area contributed by atoms with E-state index in [1.54, 1.807) is 0 Å². The number of hydrogen-bond donors (Lipinski definition) is 0. The molecule has 18 heavy (non-hydrogen) atoms. The summed E-state index contributed by atoms with van der Waals surface area (Å²) in [5.41, 5.74) is 0. The van der Waals surface area contributed by atoms with Crippen molar-refractivity contribution < 1.29 is 13.3 Å². The lowest BCUT2D eigenvalue weighted by atomic mass is 9.92. The van der Waals surface area contributed by atoms with Crippen molar-refractivity contribution >= 4 is 8.80 Å². The van der Waals surface area contributed by atoms with Crippen molar-refractivity contribution in [2.75, 3.05) is 19.8 Å². The number of hydrogen-bond acceptors (Lipinski definition) is 3. The fourth-order valence-corrected chi connectivity index (χ4v) is 4.54. The van der Waals surface area contributed by atoms with E-state index in [-0.39, 0.29) is 0 Å². The molecule has 3 nitrogen and oxygen atoms in total. The van der Waals surface area contributed by atoms with Crippen LogP contribution in [0, 0.1) is 5.92 Å². The summed E-state index contributed by atoms with van der Waals surface area (Å²) in [7, 11) is -2.37. The highest BCUT2D eigenvalue weighted by Gasteiger charge is 2.38. The fourth-order valence-electron chi connectivity index (χ4n) is 2.37. The van der Waals surface area contributed by atoms with E-state index in [0.29, 0.717) is 13.2 Å². The van der Waals surface area contributed by atoms with Crippen LogP contribution in [-0.4, -0.2) is 28.6 Å². The third kappa shape index (κ3) is 5.22. The van der Waals surface area contributed by atoms with Crippen molar-refractivity contribution in [1.82, 2.24) is 0 Å². The lowest BCUT2D eigenvalue weighted by Crippen LogP contribution is -2.45. The molecule has 0 saturated carbocycles. The normalized spacial score (nSPS) is 20.3. The van der Waals surface area contributed by atoms with Crippen molar-refractivity contribution in [3.05, 3.63) is 12.2 Å². The molecule has 0 N–H and O–H groups in total. The molecule has 0 aromatic rings. The Balaban J connectivity index is 2.33. The van der Waals surface area contributed by atoms with E-state index in [2.05, 4.69) is 19.1 Å². The Kier molecular flexibility index (Phi) is 7.82. The van der Waals surface area contributed by atoms with Crippen LogP contribution in [0.1, 0.15) is 46.5 Å². The minimum absolute atomic E-state index is 0.673. The van der Waals surface area contributed by atoms with E-state index in [4.69, 9.17) is 13.3 Å². The van der Waals surface area contributed by atoms with Crippen molar-refractivity contribution in [3.8, 4) is 0 Å². The van der Waals surface area contributed by atoms with Gasteiger partial charge in [0.25, 0.3) is 0 Å². The van der Waals surface area contributed by atoms with E-state index in [0.717, 1.165) is 25.0 Å². The second-order valence-electron chi connectivity index (χ2n) is 4.69. The van der Waals surface area contributed by atoms with Crippen LogP contribution in [0.4, 0.5) is 0 Å². The lowest BCUT2D eigenvalue weighted by molar-refractivity contribution is 0.0634. The van der Waals surface area contributed by atoms with Gasteiger partial charge in [-0.2, -0.15) is 0 Å². The van der Waals surface area contributed by atoms with Crippen molar-refractivity contribution in [1.29, 1.82) is 0 Å².